The molecule has 9 nitrogen and oxygen atoms in total. The van der Waals surface area contributed by atoms with Crippen molar-refractivity contribution in [3.63, 3.8) is 0 Å². The van der Waals surface area contributed by atoms with Crippen LogP contribution in [0.2, 0.25) is 0 Å². The molecule has 0 fully saturated rings. The summed E-state index contributed by atoms with van der Waals surface area (Å²) in [4.78, 5) is 36.7. The van der Waals surface area contributed by atoms with E-state index in [2.05, 4.69) is 37.1 Å². The van der Waals surface area contributed by atoms with E-state index in [0.29, 0.717) is 39.3 Å². The van der Waals surface area contributed by atoms with Gasteiger partial charge >= 0.3 is 11.8 Å². The Balaban J connectivity index is 1.59. The molecule has 0 atom stereocenters. The van der Waals surface area contributed by atoms with E-state index in [4.69, 9.17) is 9.47 Å². The van der Waals surface area contributed by atoms with Gasteiger partial charge in [-0.1, -0.05) is 43.3 Å². The Labute approximate surface area is 223 Å². The molecule has 0 aliphatic carbocycles. The van der Waals surface area contributed by atoms with Crippen LogP contribution in [0.25, 0.3) is 0 Å². The van der Waals surface area contributed by atoms with E-state index in [0.717, 1.165) is 11.1 Å². The Morgan fingerprint density at radius 2 is 1.68 bits per heavy atom. The second-order valence-corrected chi connectivity index (χ2v) is 8.70. The Kier molecular flexibility index (Phi) is 9.79. The molecule has 3 N–H and O–H groups in total. The summed E-state index contributed by atoms with van der Waals surface area (Å²) in [6.45, 7) is 3.62. The number of nitrogens with zero attached hydrogens (tertiary/aromatic N) is 1. The quantitative estimate of drug-likeness (QED) is 0.201. The van der Waals surface area contributed by atoms with Gasteiger partial charge in [0.05, 0.1) is 17.8 Å². The Morgan fingerprint density at radius 3 is 2.38 bits per heavy atom. The van der Waals surface area contributed by atoms with Crippen molar-refractivity contribution in [3.05, 3.63) is 81.8 Å². The largest absolute Gasteiger partial charge is 0.493 e. The zero-order valence-corrected chi connectivity index (χ0v) is 22.2. The number of aryl methyl sites for hydroxylation is 2. The number of amides is 3. The monoisotopic (exact) mass is 566 g/mol. The summed E-state index contributed by atoms with van der Waals surface area (Å²) in [6.07, 6.45) is 2.07. The molecule has 192 valence electrons. The van der Waals surface area contributed by atoms with Gasteiger partial charge in [-0.25, -0.2) is 5.43 Å². The Hall–Kier alpha value is -4.18. The lowest BCUT2D eigenvalue weighted by Gasteiger charge is -2.14. The molecule has 0 unspecified atom stereocenters. The van der Waals surface area contributed by atoms with Crippen LogP contribution in [0.4, 0.5) is 11.4 Å². The van der Waals surface area contributed by atoms with Crippen LogP contribution in [0.5, 0.6) is 11.5 Å². The predicted octanol–water partition coefficient (Wildman–Crippen LogP) is 4.43. The van der Waals surface area contributed by atoms with Crippen molar-refractivity contribution in [2.75, 3.05) is 24.4 Å². The third kappa shape index (κ3) is 7.65. The van der Waals surface area contributed by atoms with Gasteiger partial charge in [-0.05, 0) is 70.2 Å². The molecular weight excluding hydrogens is 540 g/mol. The molecule has 0 heterocycles. The number of carbonyl (C=O) groups excluding carboxylic acids is 3. The maximum absolute atomic E-state index is 12.3. The van der Waals surface area contributed by atoms with Crippen LogP contribution in [-0.2, 0) is 20.8 Å². The fraction of sp³-hybridized carbons (Fsp3) is 0.185. The molecule has 0 aliphatic rings. The van der Waals surface area contributed by atoms with Gasteiger partial charge in [0.25, 0.3) is 5.91 Å². The lowest BCUT2D eigenvalue weighted by Crippen LogP contribution is -2.32. The molecule has 0 saturated heterocycles. The van der Waals surface area contributed by atoms with Gasteiger partial charge in [0.2, 0.25) is 0 Å². The maximum Gasteiger partial charge on any atom is 0.329 e. The molecule has 3 rings (SSSR count). The lowest BCUT2D eigenvalue weighted by atomic mass is 10.1. The van der Waals surface area contributed by atoms with Crippen molar-refractivity contribution in [1.29, 1.82) is 0 Å². The van der Waals surface area contributed by atoms with Crippen molar-refractivity contribution >= 4 is 51.2 Å². The van der Waals surface area contributed by atoms with E-state index in [-0.39, 0.29) is 12.5 Å². The van der Waals surface area contributed by atoms with Crippen molar-refractivity contribution < 1.29 is 23.9 Å². The van der Waals surface area contributed by atoms with Crippen LogP contribution in [0.15, 0.2) is 70.2 Å². The third-order valence-corrected chi connectivity index (χ3v) is 5.84. The standard InChI is InChI=1S/C27H27BrN4O5/c1-4-19-10-6-8-12-22(19)31-26(34)27(35)32-29-15-18-13-20(28)25(23(14-18)36-3)37-16-24(33)30-21-11-7-5-9-17(21)2/h5-15H,4,16H2,1-3H3,(H,30,33)(H,31,34)(H,32,35)/b29-15-. The molecular formula is C27H27BrN4O5. The van der Waals surface area contributed by atoms with Gasteiger partial charge in [0.1, 0.15) is 0 Å². The molecule has 0 spiro atoms. The van der Waals surface area contributed by atoms with Crippen molar-refractivity contribution in [1.82, 2.24) is 5.43 Å². The number of para-hydroxylation sites is 2. The fourth-order valence-electron chi connectivity index (χ4n) is 3.34. The number of hydrogen-bond donors (Lipinski definition) is 3. The SMILES string of the molecule is CCc1ccccc1NC(=O)C(=O)N/N=C\c1cc(Br)c(OCC(=O)Nc2ccccc2C)c(OC)c1. The highest BCUT2D eigenvalue weighted by atomic mass is 79.9. The minimum Gasteiger partial charge on any atom is -0.493 e. The smallest absolute Gasteiger partial charge is 0.329 e. The first kappa shape index (κ1) is 27.4. The van der Waals surface area contributed by atoms with E-state index in [9.17, 15) is 14.4 Å². The first-order valence-electron chi connectivity index (χ1n) is 11.4. The fourth-order valence-corrected chi connectivity index (χ4v) is 3.91. The molecule has 0 bridgehead atoms. The van der Waals surface area contributed by atoms with E-state index >= 15 is 0 Å². The predicted molar refractivity (Wildman–Crippen MR) is 146 cm³/mol. The van der Waals surface area contributed by atoms with Crippen LogP contribution < -0.4 is 25.5 Å². The second-order valence-electron chi connectivity index (χ2n) is 7.85. The number of benzene rings is 3. The normalized spacial score (nSPS) is 10.6. The molecule has 37 heavy (non-hydrogen) atoms. The first-order valence-corrected chi connectivity index (χ1v) is 12.2. The molecule has 0 radical (unpaired) electrons. The second kappa shape index (κ2) is 13.2. The number of hydrazone groups is 1. The van der Waals surface area contributed by atoms with Crippen LogP contribution in [0.3, 0.4) is 0 Å². The molecule has 10 heteroatoms. The summed E-state index contributed by atoms with van der Waals surface area (Å²) < 4.78 is 11.6. The van der Waals surface area contributed by atoms with Crippen LogP contribution in [0, 0.1) is 6.92 Å². The highest BCUT2D eigenvalue weighted by Crippen LogP contribution is 2.36. The number of rotatable bonds is 9. The zero-order chi connectivity index (χ0) is 26.8. The molecule has 0 aliphatic heterocycles. The number of methoxy groups -OCH3 is 1. The average molecular weight is 567 g/mol. The highest BCUT2D eigenvalue weighted by molar-refractivity contribution is 9.10. The van der Waals surface area contributed by atoms with Gasteiger partial charge in [-0.15, -0.1) is 0 Å². The molecule has 0 aromatic heterocycles. The van der Waals surface area contributed by atoms with E-state index in [1.54, 1.807) is 24.3 Å². The minimum atomic E-state index is -0.909. The van der Waals surface area contributed by atoms with Gasteiger partial charge < -0.3 is 20.1 Å². The topological polar surface area (TPSA) is 118 Å². The van der Waals surface area contributed by atoms with Gasteiger partial charge in [-0.3, -0.25) is 14.4 Å². The number of carbonyl (C=O) groups is 3. The summed E-state index contributed by atoms with van der Waals surface area (Å²) in [5.74, 6) is -1.38. The van der Waals surface area contributed by atoms with E-state index in [1.807, 2.05) is 50.2 Å². The van der Waals surface area contributed by atoms with E-state index in [1.165, 1.54) is 13.3 Å². The average Bonchev–Trinajstić information content (AvgIpc) is 2.89. The lowest BCUT2D eigenvalue weighted by molar-refractivity contribution is -0.136. The Bertz CT molecular complexity index is 1330. The zero-order valence-electron chi connectivity index (χ0n) is 20.6. The van der Waals surface area contributed by atoms with Crippen molar-refractivity contribution in [2.45, 2.75) is 20.3 Å². The summed E-state index contributed by atoms with van der Waals surface area (Å²) in [5.41, 5.74) is 5.90. The number of hydrogen-bond acceptors (Lipinski definition) is 6. The molecule has 3 aromatic rings. The third-order valence-electron chi connectivity index (χ3n) is 5.25. The Morgan fingerprint density at radius 1 is 0.973 bits per heavy atom. The van der Waals surface area contributed by atoms with Crippen molar-refractivity contribution in [2.24, 2.45) is 5.10 Å². The number of nitrogens with one attached hydrogen (secondary N) is 3. The summed E-state index contributed by atoms with van der Waals surface area (Å²) >= 11 is 3.41. The molecule has 0 saturated carbocycles. The van der Waals surface area contributed by atoms with Crippen LogP contribution in [-0.4, -0.2) is 37.7 Å². The summed E-state index contributed by atoms with van der Waals surface area (Å²) in [7, 11) is 1.46. The highest BCUT2D eigenvalue weighted by Gasteiger charge is 2.16. The van der Waals surface area contributed by atoms with Gasteiger partial charge in [0.15, 0.2) is 18.1 Å². The van der Waals surface area contributed by atoms with Crippen LogP contribution in [0.1, 0.15) is 23.6 Å². The summed E-state index contributed by atoms with van der Waals surface area (Å²) in [6, 6.07) is 18.0. The number of ether oxygens (including phenoxy) is 2. The first-order chi connectivity index (χ1) is 17.8. The number of halogens is 1. The number of anilines is 2. The maximum atomic E-state index is 12.3. The van der Waals surface area contributed by atoms with Crippen molar-refractivity contribution in [3.8, 4) is 11.5 Å². The van der Waals surface area contributed by atoms with E-state index < -0.39 is 11.8 Å². The minimum absolute atomic E-state index is 0.233. The van der Waals surface area contributed by atoms with Gasteiger partial charge in [0, 0.05) is 11.4 Å². The van der Waals surface area contributed by atoms with Crippen LogP contribution >= 0.6 is 15.9 Å². The van der Waals surface area contributed by atoms with Gasteiger partial charge in [-0.2, -0.15) is 5.10 Å². The summed E-state index contributed by atoms with van der Waals surface area (Å²) in [5, 5.41) is 9.24. The molecule has 3 amide bonds. The molecule has 3 aromatic carbocycles.